The number of ether oxygens (including phenoxy) is 1. The van der Waals surface area contributed by atoms with E-state index in [-0.39, 0.29) is 24.3 Å². The highest BCUT2D eigenvalue weighted by atomic mass is 16.5. The van der Waals surface area contributed by atoms with Crippen LogP contribution >= 0.6 is 0 Å². The summed E-state index contributed by atoms with van der Waals surface area (Å²) in [5, 5.41) is 0. The molecule has 2 aliphatic rings. The Morgan fingerprint density at radius 1 is 1.10 bits per heavy atom. The molecule has 0 aromatic heterocycles. The largest absolute Gasteiger partial charge is 0.372 e. The normalized spacial score (nSPS) is 21.4. The Morgan fingerprint density at radius 2 is 1.71 bits per heavy atom. The van der Waals surface area contributed by atoms with Crippen molar-refractivity contribution in [3.05, 3.63) is 35.4 Å². The maximum absolute atomic E-state index is 12.2. The third-order valence-electron chi connectivity index (χ3n) is 4.00. The first-order valence-electron chi connectivity index (χ1n) is 6.90. The van der Waals surface area contributed by atoms with Gasteiger partial charge in [-0.3, -0.25) is 19.3 Å². The molecule has 2 heterocycles. The fraction of sp³-hybridized carbons (Fsp3) is 0.400. The highest BCUT2D eigenvalue weighted by Crippen LogP contribution is 2.22. The summed E-state index contributed by atoms with van der Waals surface area (Å²) < 4.78 is 5.08. The topological polar surface area (TPSA) is 66.9 Å². The Morgan fingerprint density at radius 3 is 2.24 bits per heavy atom. The molecule has 1 aromatic rings. The molecule has 1 aromatic carbocycles. The van der Waals surface area contributed by atoms with Crippen LogP contribution in [0.4, 0.5) is 0 Å². The number of rotatable bonds is 4. The maximum atomic E-state index is 12.2. The summed E-state index contributed by atoms with van der Waals surface area (Å²) in [5.74, 6) is -0.648. The van der Waals surface area contributed by atoms with E-state index in [0.717, 1.165) is 0 Å². The highest BCUT2D eigenvalue weighted by Gasteiger charge is 2.37. The van der Waals surface area contributed by atoms with Crippen molar-refractivity contribution in [2.75, 3.05) is 26.7 Å². The molecule has 0 unspecified atom stereocenters. The molecular weight excluding hydrogens is 272 g/mol. The van der Waals surface area contributed by atoms with Crippen LogP contribution in [-0.4, -0.2) is 60.4 Å². The van der Waals surface area contributed by atoms with Crippen LogP contribution in [0.2, 0.25) is 0 Å². The second kappa shape index (κ2) is 5.29. The van der Waals surface area contributed by atoms with Gasteiger partial charge in [-0.1, -0.05) is 12.1 Å². The van der Waals surface area contributed by atoms with Gasteiger partial charge in [0.1, 0.15) is 6.10 Å². The SMILES string of the molecule is CO[C@H]1CCN(CCN2C(=O)c3ccccc3C2=O)C1=O. The number of hydrogen-bond donors (Lipinski definition) is 0. The summed E-state index contributed by atoms with van der Waals surface area (Å²) in [5.41, 5.74) is 0.870. The van der Waals surface area contributed by atoms with Crippen LogP contribution in [0.5, 0.6) is 0 Å². The van der Waals surface area contributed by atoms with Crippen LogP contribution in [0.25, 0.3) is 0 Å². The number of methoxy groups -OCH3 is 1. The van der Waals surface area contributed by atoms with Crippen molar-refractivity contribution < 1.29 is 19.1 Å². The summed E-state index contributed by atoms with van der Waals surface area (Å²) in [6.45, 7) is 1.17. The van der Waals surface area contributed by atoms with Crippen molar-refractivity contribution in [1.29, 1.82) is 0 Å². The van der Waals surface area contributed by atoms with Crippen LogP contribution in [0.15, 0.2) is 24.3 Å². The Balaban J connectivity index is 1.67. The van der Waals surface area contributed by atoms with Crippen molar-refractivity contribution in [2.45, 2.75) is 12.5 Å². The van der Waals surface area contributed by atoms with E-state index in [0.29, 0.717) is 30.6 Å². The molecule has 21 heavy (non-hydrogen) atoms. The van der Waals surface area contributed by atoms with E-state index < -0.39 is 6.10 Å². The van der Waals surface area contributed by atoms with Crippen LogP contribution in [-0.2, 0) is 9.53 Å². The van der Waals surface area contributed by atoms with E-state index in [2.05, 4.69) is 0 Å². The standard InChI is InChI=1S/C15H16N2O4/c1-21-12-6-7-16(15(12)20)8-9-17-13(18)10-4-2-3-5-11(10)14(17)19/h2-5,12H,6-9H2,1H3/t12-/m0/s1. The minimum atomic E-state index is -0.396. The molecule has 110 valence electrons. The van der Waals surface area contributed by atoms with Crippen molar-refractivity contribution in [2.24, 2.45) is 0 Å². The predicted octanol–water partition coefficient (Wildman–Crippen LogP) is 0.530. The van der Waals surface area contributed by atoms with Gasteiger partial charge in [-0.05, 0) is 12.1 Å². The molecule has 3 amide bonds. The molecule has 0 N–H and O–H groups in total. The number of imide groups is 1. The molecule has 3 rings (SSSR count). The van der Waals surface area contributed by atoms with Crippen LogP contribution in [0.1, 0.15) is 27.1 Å². The van der Waals surface area contributed by atoms with E-state index in [9.17, 15) is 14.4 Å². The lowest BCUT2D eigenvalue weighted by atomic mass is 10.1. The first-order valence-corrected chi connectivity index (χ1v) is 6.90. The number of hydrogen-bond acceptors (Lipinski definition) is 4. The number of amides is 3. The van der Waals surface area contributed by atoms with Gasteiger partial charge in [-0.15, -0.1) is 0 Å². The molecule has 0 spiro atoms. The van der Waals surface area contributed by atoms with Crippen molar-refractivity contribution >= 4 is 17.7 Å². The van der Waals surface area contributed by atoms with E-state index in [1.54, 1.807) is 29.2 Å². The summed E-state index contributed by atoms with van der Waals surface area (Å²) in [6, 6.07) is 6.77. The van der Waals surface area contributed by atoms with Crippen molar-refractivity contribution in [3.63, 3.8) is 0 Å². The molecule has 2 aliphatic heterocycles. The number of likely N-dealkylation sites (tertiary alicyclic amines) is 1. The number of carbonyl (C=O) groups excluding carboxylic acids is 3. The minimum absolute atomic E-state index is 0.0749. The lowest BCUT2D eigenvalue weighted by Gasteiger charge is -2.20. The van der Waals surface area contributed by atoms with E-state index in [1.807, 2.05) is 0 Å². The Labute approximate surface area is 122 Å². The molecule has 1 saturated heterocycles. The number of fused-ring (bicyclic) bond motifs is 1. The Kier molecular flexibility index (Phi) is 3.47. The second-order valence-electron chi connectivity index (χ2n) is 5.15. The molecule has 1 atom stereocenters. The number of benzene rings is 1. The van der Waals surface area contributed by atoms with Gasteiger partial charge in [0.25, 0.3) is 17.7 Å². The van der Waals surface area contributed by atoms with Gasteiger partial charge < -0.3 is 9.64 Å². The average Bonchev–Trinajstić information content (AvgIpc) is 2.97. The maximum Gasteiger partial charge on any atom is 0.261 e. The Bertz CT molecular complexity index is 578. The predicted molar refractivity (Wildman–Crippen MR) is 73.8 cm³/mol. The molecular formula is C15H16N2O4. The molecule has 1 fully saturated rings. The number of nitrogens with zero attached hydrogens (tertiary/aromatic N) is 2. The van der Waals surface area contributed by atoms with Crippen molar-refractivity contribution in [3.8, 4) is 0 Å². The molecule has 0 saturated carbocycles. The van der Waals surface area contributed by atoms with E-state index in [1.165, 1.54) is 12.0 Å². The second-order valence-corrected chi connectivity index (χ2v) is 5.15. The number of carbonyl (C=O) groups is 3. The average molecular weight is 288 g/mol. The van der Waals surface area contributed by atoms with Crippen LogP contribution in [0.3, 0.4) is 0 Å². The van der Waals surface area contributed by atoms with Gasteiger partial charge in [0.2, 0.25) is 0 Å². The molecule has 0 radical (unpaired) electrons. The summed E-state index contributed by atoms with van der Waals surface area (Å²) in [7, 11) is 1.51. The lowest BCUT2D eigenvalue weighted by molar-refractivity contribution is -0.135. The van der Waals surface area contributed by atoms with Gasteiger partial charge in [0.15, 0.2) is 0 Å². The third-order valence-corrected chi connectivity index (χ3v) is 4.00. The summed E-state index contributed by atoms with van der Waals surface area (Å²) in [6.07, 6.45) is 0.254. The van der Waals surface area contributed by atoms with E-state index >= 15 is 0 Å². The van der Waals surface area contributed by atoms with Gasteiger partial charge in [0.05, 0.1) is 11.1 Å². The minimum Gasteiger partial charge on any atom is -0.372 e. The zero-order chi connectivity index (χ0) is 15.0. The molecule has 6 nitrogen and oxygen atoms in total. The zero-order valence-electron chi connectivity index (χ0n) is 11.7. The molecule has 0 aliphatic carbocycles. The monoisotopic (exact) mass is 288 g/mol. The first-order chi connectivity index (χ1) is 10.1. The summed E-state index contributed by atoms with van der Waals surface area (Å²) >= 11 is 0. The smallest absolute Gasteiger partial charge is 0.261 e. The van der Waals surface area contributed by atoms with Crippen LogP contribution in [0, 0.1) is 0 Å². The quantitative estimate of drug-likeness (QED) is 0.758. The first kappa shape index (κ1) is 13.8. The fourth-order valence-electron chi connectivity index (χ4n) is 2.81. The van der Waals surface area contributed by atoms with Gasteiger partial charge >= 0.3 is 0 Å². The molecule has 6 heteroatoms. The Hall–Kier alpha value is -2.21. The van der Waals surface area contributed by atoms with E-state index in [4.69, 9.17) is 4.74 Å². The third kappa shape index (κ3) is 2.21. The van der Waals surface area contributed by atoms with Gasteiger partial charge in [-0.25, -0.2) is 0 Å². The van der Waals surface area contributed by atoms with Gasteiger partial charge in [0, 0.05) is 33.2 Å². The lowest BCUT2D eigenvalue weighted by Crippen LogP contribution is -2.40. The van der Waals surface area contributed by atoms with Crippen molar-refractivity contribution in [1.82, 2.24) is 9.80 Å². The van der Waals surface area contributed by atoms with Gasteiger partial charge in [-0.2, -0.15) is 0 Å². The highest BCUT2D eigenvalue weighted by molar-refractivity contribution is 6.21. The molecule has 0 bridgehead atoms. The zero-order valence-corrected chi connectivity index (χ0v) is 11.7. The fourth-order valence-corrected chi connectivity index (χ4v) is 2.81. The van der Waals surface area contributed by atoms with Crippen LogP contribution < -0.4 is 0 Å². The summed E-state index contributed by atoms with van der Waals surface area (Å²) in [4.78, 5) is 39.2.